The lowest BCUT2D eigenvalue weighted by Gasteiger charge is -2.25. The summed E-state index contributed by atoms with van der Waals surface area (Å²) in [4.78, 5) is 48.1. The predicted molar refractivity (Wildman–Crippen MR) is 106 cm³/mol. The topological polar surface area (TPSA) is 111 Å². The Balaban J connectivity index is 2.61. The maximum atomic E-state index is 12.5. The van der Waals surface area contributed by atoms with E-state index in [1.165, 1.54) is 18.9 Å². The number of carbonyl (C=O) groups excluding carboxylic acids is 3. The van der Waals surface area contributed by atoms with Crippen LogP contribution in [0.5, 0.6) is 0 Å². The van der Waals surface area contributed by atoms with Crippen LogP contribution in [0.1, 0.15) is 38.7 Å². The Morgan fingerprint density at radius 2 is 1.82 bits per heavy atom. The van der Waals surface area contributed by atoms with Crippen LogP contribution in [0.3, 0.4) is 0 Å². The van der Waals surface area contributed by atoms with E-state index >= 15 is 0 Å². The van der Waals surface area contributed by atoms with Crippen molar-refractivity contribution in [2.45, 2.75) is 45.7 Å². The lowest BCUT2D eigenvalue weighted by molar-refractivity contribution is -0.128. The zero-order valence-corrected chi connectivity index (χ0v) is 16.7. The van der Waals surface area contributed by atoms with Crippen LogP contribution in [0.15, 0.2) is 35.6 Å². The van der Waals surface area contributed by atoms with Crippen LogP contribution in [-0.4, -0.2) is 53.9 Å². The van der Waals surface area contributed by atoms with Gasteiger partial charge in [0.1, 0.15) is 6.04 Å². The first kappa shape index (κ1) is 23.1. The van der Waals surface area contributed by atoms with Gasteiger partial charge in [-0.05, 0) is 24.8 Å². The van der Waals surface area contributed by atoms with Crippen molar-refractivity contribution in [2.75, 3.05) is 20.1 Å². The molecular formula is C19H29N5O4. The molecular weight excluding hydrogens is 362 g/mol. The Bertz CT molecular complexity index is 653. The van der Waals surface area contributed by atoms with E-state index in [0.717, 1.165) is 17.0 Å². The first-order chi connectivity index (χ1) is 13.4. The number of nitrogens with zero attached hydrogens (tertiary/aromatic N) is 3. The molecule has 0 fully saturated rings. The molecule has 0 saturated heterocycles. The first-order valence-corrected chi connectivity index (χ1v) is 9.33. The largest absolute Gasteiger partial charge is 0.350 e. The predicted octanol–water partition coefficient (Wildman–Crippen LogP) is 2.03. The summed E-state index contributed by atoms with van der Waals surface area (Å²) in [5.74, 6) is -0.578. The summed E-state index contributed by atoms with van der Waals surface area (Å²) in [6.45, 7) is 4.48. The highest BCUT2D eigenvalue weighted by Gasteiger charge is 2.21. The quantitative estimate of drug-likeness (QED) is 0.444. The molecule has 0 unspecified atom stereocenters. The summed E-state index contributed by atoms with van der Waals surface area (Å²) in [5, 5.41) is 8.84. The Labute approximate surface area is 165 Å². The van der Waals surface area contributed by atoms with Crippen molar-refractivity contribution in [3.05, 3.63) is 40.8 Å². The van der Waals surface area contributed by atoms with Gasteiger partial charge >= 0.3 is 6.03 Å². The molecule has 1 atom stereocenters. The number of carbonyl (C=O) groups is 3. The second-order valence-electron chi connectivity index (χ2n) is 6.47. The van der Waals surface area contributed by atoms with Crippen molar-refractivity contribution >= 4 is 17.8 Å². The van der Waals surface area contributed by atoms with Gasteiger partial charge in [0, 0.05) is 33.6 Å². The van der Waals surface area contributed by atoms with Crippen molar-refractivity contribution in [2.24, 2.45) is 5.29 Å². The van der Waals surface area contributed by atoms with Crippen LogP contribution in [0.4, 0.5) is 4.79 Å². The van der Waals surface area contributed by atoms with Gasteiger partial charge in [-0.2, -0.15) is 5.01 Å². The Morgan fingerprint density at radius 1 is 1.14 bits per heavy atom. The van der Waals surface area contributed by atoms with Crippen molar-refractivity contribution in [3.8, 4) is 0 Å². The third-order valence-electron chi connectivity index (χ3n) is 4.09. The van der Waals surface area contributed by atoms with E-state index in [9.17, 15) is 19.3 Å². The lowest BCUT2D eigenvalue weighted by atomic mass is 10.1. The number of benzene rings is 1. The number of hydrogen-bond donors (Lipinski definition) is 2. The Hall–Kier alpha value is -2.97. The van der Waals surface area contributed by atoms with Gasteiger partial charge in [0.25, 0.3) is 0 Å². The van der Waals surface area contributed by atoms with E-state index in [0.29, 0.717) is 32.5 Å². The average Bonchev–Trinajstić information content (AvgIpc) is 2.69. The molecule has 1 aromatic rings. The van der Waals surface area contributed by atoms with Crippen LogP contribution in [0.2, 0.25) is 0 Å². The molecule has 9 nitrogen and oxygen atoms in total. The van der Waals surface area contributed by atoms with E-state index in [1.54, 1.807) is 0 Å². The monoisotopic (exact) mass is 391 g/mol. The number of amides is 4. The molecule has 28 heavy (non-hydrogen) atoms. The maximum absolute atomic E-state index is 12.5. The van der Waals surface area contributed by atoms with Crippen molar-refractivity contribution in [1.82, 2.24) is 20.5 Å². The summed E-state index contributed by atoms with van der Waals surface area (Å²) < 4.78 is 0. The van der Waals surface area contributed by atoms with E-state index in [2.05, 4.69) is 15.9 Å². The van der Waals surface area contributed by atoms with Crippen molar-refractivity contribution < 1.29 is 14.4 Å². The molecule has 0 spiro atoms. The van der Waals surface area contributed by atoms with E-state index in [-0.39, 0.29) is 11.8 Å². The molecule has 9 heteroatoms. The third-order valence-corrected chi connectivity index (χ3v) is 4.09. The third kappa shape index (κ3) is 8.15. The van der Waals surface area contributed by atoms with Gasteiger partial charge in [0.15, 0.2) is 0 Å². The summed E-state index contributed by atoms with van der Waals surface area (Å²) in [6, 6.07) is 8.29. The molecule has 2 N–H and O–H groups in total. The van der Waals surface area contributed by atoms with Crippen LogP contribution in [0.25, 0.3) is 0 Å². The molecule has 4 amide bonds. The first-order valence-electron chi connectivity index (χ1n) is 9.33. The average molecular weight is 391 g/mol. The second-order valence-corrected chi connectivity index (χ2v) is 6.47. The van der Waals surface area contributed by atoms with Gasteiger partial charge in [0.2, 0.25) is 11.8 Å². The normalized spacial score (nSPS) is 11.2. The van der Waals surface area contributed by atoms with Crippen molar-refractivity contribution in [1.29, 1.82) is 0 Å². The maximum Gasteiger partial charge on any atom is 0.342 e. The Kier molecular flexibility index (Phi) is 10.2. The van der Waals surface area contributed by atoms with Gasteiger partial charge < -0.3 is 15.5 Å². The summed E-state index contributed by atoms with van der Waals surface area (Å²) in [7, 11) is 1.30. The van der Waals surface area contributed by atoms with E-state index in [1.807, 2.05) is 37.3 Å². The number of hydrogen-bond acceptors (Lipinski definition) is 5. The van der Waals surface area contributed by atoms with E-state index in [4.69, 9.17) is 0 Å². The fourth-order valence-corrected chi connectivity index (χ4v) is 2.72. The van der Waals surface area contributed by atoms with E-state index < -0.39 is 12.1 Å². The number of nitrogens with one attached hydrogen (secondary N) is 2. The Morgan fingerprint density at radius 3 is 2.39 bits per heavy atom. The fraction of sp³-hybridized carbons (Fsp3) is 0.526. The molecule has 0 saturated carbocycles. The summed E-state index contributed by atoms with van der Waals surface area (Å²) >= 11 is 0. The standard InChI is InChI=1S/C19H29N5O4/c1-4-12-24(19(27)23(3)22-28)13-8-11-17(21-15(2)25)18(26)20-14-16-9-6-5-7-10-16/h5-7,9-10,17H,4,8,11-14H2,1-3H3,(H,20,26)(H,21,25)/t17-/m1/s1. The molecule has 0 aromatic heterocycles. The number of rotatable bonds is 11. The second kappa shape index (κ2) is 12.4. The highest BCUT2D eigenvalue weighted by molar-refractivity contribution is 5.86. The van der Waals surface area contributed by atoms with Crippen LogP contribution < -0.4 is 10.6 Å². The van der Waals surface area contributed by atoms with Crippen molar-refractivity contribution in [3.63, 3.8) is 0 Å². The minimum Gasteiger partial charge on any atom is -0.350 e. The van der Waals surface area contributed by atoms with Gasteiger partial charge in [-0.15, -0.1) is 4.91 Å². The minimum absolute atomic E-state index is 0.279. The summed E-state index contributed by atoms with van der Waals surface area (Å²) in [6.07, 6.45) is 1.58. The molecule has 0 aliphatic heterocycles. The lowest BCUT2D eigenvalue weighted by Crippen LogP contribution is -2.46. The van der Waals surface area contributed by atoms with Crippen LogP contribution in [0, 0.1) is 4.91 Å². The van der Waals surface area contributed by atoms with Gasteiger partial charge in [-0.3, -0.25) is 9.59 Å². The fourth-order valence-electron chi connectivity index (χ4n) is 2.72. The number of nitroso groups, excluding NO2 is 1. The zero-order valence-electron chi connectivity index (χ0n) is 16.7. The van der Waals surface area contributed by atoms with Crippen LogP contribution >= 0.6 is 0 Å². The summed E-state index contributed by atoms with van der Waals surface area (Å²) in [5.41, 5.74) is 0.960. The van der Waals surface area contributed by atoms with Gasteiger partial charge in [-0.1, -0.05) is 37.3 Å². The zero-order chi connectivity index (χ0) is 20.9. The smallest absolute Gasteiger partial charge is 0.342 e. The van der Waals surface area contributed by atoms with Crippen LogP contribution in [-0.2, 0) is 16.1 Å². The van der Waals surface area contributed by atoms with Gasteiger partial charge in [0.05, 0.1) is 5.29 Å². The molecule has 0 aliphatic rings. The molecule has 0 radical (unpaired) electrons. The molecule has 1 rings (SSSR count). The molecule has 1 aromatic carbocycles. The highest BCUT2D eigenvalue weighted by atomic mass is 16.3. The number of urea groups is 1. The molecule has 0 heterocycles. The minimum atomic E-state index is -0.693. The van der Waals surface area contributed by atoms with Gasteiger partial charge in [-0.25, -0.2) is 4.79 Å². The molecule has 154 valence electrons. The SMILES string of the molecule is CCCN(CCC[C@@H](NC(C)=O)C(=O)NCc1ccccc1)C(=O)N(C)N=O. The highest BCUT2D eigenvalue weighted by Crippen LogP contribution is 2.06. The molecule has 0 aliphatic carbocycles. The molecule has 0 bridgehead atoms.